The fourth-order valence-electron chi connectivity index (χ4n) is 3.40. The SMILES string of the molecule is CCc1nn(C)cc1C(=O)N(C)CC1CCCc2sc(C)nc21. The zero-order chi connectivity index (χ0) is 16.6. The number of carbonyl (C=O) groups is 1. The minimum Gasteiger partial charge on any atom is -0.341 e. The average Bonchev–Trinajstić information content (AvgIpc) is 3.08. The van der Waals surface area contributed by atoms with Crippen LogP contribution < -0.4 is 0 Å². The molecule has 5 nitrogen and oxygen atoms in total. The number of hydrogen-bond acceptors (Lipinski definition) is 4. The van der Waals surface area contributed by atoms with Gasteiger partial charge in [-0.25, -0.2) is 4.98 Å². The van der Waals surface area contributed by atoms with E-state index < -0.39 is 0 Å². The van der Waals surface area contributed by atoms with Crippen LogP contribution in [0, 0.1) is 6.92 Å². The first kappa shape index (κ1) is 16.2. The third-order valence-electron chi connectivity index (χ3n) is 4.49. The first-order valence-corrected chi connectivity index (χ1v) is 9.05. The van der Waals surface area contributed by atoms with E-state index in [9.17, 15) is 4.79 Å². The van der Waals surface area contributed by atoms with E-state index in [2.05, 4.69) is 12.0 Å². The highest BCUT2D eigenvalue weighted by Gasteiger charge is 2.27. The van der Waals surface area contributed by atoms with Gasteiger partial charge in [0.15, 0.2) is 0 Å². The van der Waals surface area contributed by atoms with Crippen molar-refractivity contribution in [3.8, 4) is 0 Å². The molecule has 1 aliphatic carbocycles. The number of nitrogens with zero attached hydrogens (tertiary/aromatic N) is 4. The van der Waals surface area contributed by atoms with Gasteiger partial charge in [-0.2, -0.15) is 5.10 Å². The number of hydrogen-bond donors (Lipinski definition) is 0. The van der Waals surface area contributed by atoms with Gasteiger partial charge in [0.25, 0.3) is 5.91 Å². The Morgan fingerprint density at radius 3 is 3.04 bits per heavy atom. The zero-order valence-electron chi connectivity index (χ0n) is 14.3. The summed E-state index contributed by atoms with van der Waals surface area (Å²) in [7, 11) is 3.75. The highest BCUT2D eigenvalue weighted by Crippen LogP contribution is 2.35. The zero-order valence-corrected chi connectivity index (χ0v) is 15.1. The van der Waals surface area contributed by atoms with E-state index in [-0.39, 0.29) is 5.91 Å². The molecule has 2 heterocycles. The molecule has 2 aromatic heterocycles. The third kappa shape index (κ3) is 3.17. The minimum atomic E-state index is 0.0639. The maximum Gasteiger partial charge on any atom is 0.257 e. The van der Waals surface area contributed by atoms with Gasteiger partial charge < -0.3 is 4.90 Å². The number of rotatable bonds is 4. The van der Waals surface area contributed by atoms with Crippen LogP contribution in [0.25, 0.3) is 0 Å². The Kier molecular flexibility index (Phi) is 4.53. The molecule has 0 bridgehead atoms. The molecule has 2 aromatic rings. The largest absolute Gasteiger partial charge is 0.341 e. The van der Waals surface area contributed by atoms with Gasteiger partial charge in [-0.1, -0.05) is 6.92 Å². The standard InChI is InChI=1S/C17H24N4OS/c1-5-14-13(10-21(4)19-14)17(22)20(3)9-12-7-6-8-15-16(12)18-11(2)23-15/h10,12H,5-9H2,1-4H3. The molecular formula is C17H24N4OS. The smallest absolute Gasteiger partial charge is 0.257 e. The predicted octanol–water partition coefficient (Wildman–Crippen LogP) is 2.94. The van der Waals surface area contributed by atoms with Crippen LogP contribution in [-0.4, -0.2) is 39.2 Å². The number of thiazole rings is 1. The lowest BCUT2D eigenvalue weighted by Gasteiger charge is -2.26. The summed E-state index contributed by atoms with van der Waals surface area (Å²) in [6.45, 7) is 4.83. The van der Waals surface area contributed by atoms with Crippen molar-refractivity contribution in [3.63, 3.8) is 0 Å². The van der Waals surface area contributed by atoms with E-state index in [1.54, 1.807) is 4.68 Å². The van der Waals surface area contributed by atoms with E-state index in [0.29, 0.717) is 5.92 Å². The van der Waals surface area contributed by atoms with Crippen molar-refractivity contribution in [2.75, 3.05) is 13.6 Å². The van der Waals surface area contributed by atoms with Crippen molar-refractivity contribution in [1.82, 2.24) is 19.7 Å². The van der Waals surface area contributed by atoms with Crippen molar-refractivity contribution in [3.05, 3.63) is 33.0 Å². The Morgan fingerprint density at radius 1 is 1.52 bits per heavy atom. The van der Waals surface area contributed by atoms with Crippen molar-refractivity contribution in [2.24, 2.45) is 7.05 Å². The lowest BCUT2D eigenvalue weighted by molar-refractivity contribution is 0.0782. The second kappa shape index (κ2) is 6.43. The summed E-state index contributed by atoms with van der Waals surface area (Å²) < 4.78 is 1.72. The number of amides is 1. The molecule has 3 rings (SSSR count). The van der Waals surface area contributed by atoms with Gasteiger partial charge in [0, 0.05) is 37.6 Å². The van der Waals surface area contributed by atoms with Crippen molar-refractivity contribution < 1.29 is 4.79 Å². The van der Waals surface area contributed by atoms with Gasteiger partial charge >= 0.3 is 0 Å². The number of carbonyl (C=O) groups excluding carboxylic acids is 1. The molecule has 0 saturated carbocycles. The molecule has 0 aliphatic heterocycles. The summed E-state index contributed by atoms with van der Waals surface area (Å²) in [5.41, 5.74) is 2.82. The van der Waals surface area contributed by atoms with Gasteiger partial charge in [0.1, 0.15) is 0 Å². The second-order valence-corrected chi connectivity index (χ2v) is 7.62. The number of aryl methyl sites for hydroxylation is 4. The lowest BCUT2D eigenvalue weighted by Crippen LogP contribution is -2.32. The topological polar surface area (TPSA) is 51.0 Å². The van der Waals surface area contributed by atoms with Crippen LogP contribution in [-0.2, 0) is 19.9 Å². The second-order valence-electron chi connectivity index (χ2n) is 6.33. The Hall–Kier alpha value is -1.69. The Balaban J connectivity index is 1.77. The molecule has 1 aliphatic rings. The summed E-state index contributed by atoms with van der Waals surface area (Å²) in [5, 5.41) is 5.51. The van der Waals surface area contributed by atoms with Crippen LogP contribution in [0.15, 0.2) is 6.20 Å². The lowest BCUT2D eigenvalue weighted by atomic mass is 9.90. The van der Waals surface area contributed by atoms with Crippen LogP contribution >= 0.6 is 11.3 Å². The maximum atomic E-state index is 12.8. The molecule has 1 amide bonds. The van der Waals surface area contributed by atoms with Crippen LogP contribution in [0.2, 0.25) is 0 Å². The number of aromatic nitrogens is 3. The molecule has 1 atom stereocenters. The van der Waals surface area contributed by atoms with Crippen LogP contribution in [0.5, 0.6) is 0 Å². The van der Waals surface area contributed by atoms with Crippen LogP contribution in [0.4, 0.5) is 0 Å². The van der Waals surface area contributed by atoms with Gasteiger partial charge in [0.05, 0.1) is 22.0 Å². The van der Waals surface area contributed by atoms with Crippen molar-refractivity contribution in [1.29, 1.82) is 0 Å². The Morgan fingerprint density at radius 2 is 2.30 bits per heavy atom. The van der Waals surface area contributed by atoms with Crippen LogP contribution in [0.1, 0.15) is 57.3 Å². The van der Waals surface area contributed by atoms with Gasteiger partial charge in [-0.3, -0.25) is 9.48 Å². The van der Waals surface area contributed by atoms with E-state index in [1.165, 1.54) is 17.0 Å². The average molecular weight is 332 g/mol. The third-order valence-corrected chi connectivity index (χ3v) is 5.54. The quantitative estimate of drug-likeness (QED) is 0.865. The summed E-state index contributed by atoms with van der Waals surface area (Å²) in [5.74, 6) is 0.424. The molecule has 0 N–H and O–H groups in total. The molecule has 0 spiro atoms. The number of likely N-dealkylation sites (N-methyl/N-ethyl adjacent to an activating group) is 1. The predicted molar refractivity (Wildman–Crippen MR) is 92.1 cm³/mol. The highest BCUT2D eigenvalue weighted by molar-refractivity contribution is 7.11. The fraction of sp³-hybridized carbons (Fsp3) is 0.588. The normalized spacial score (nSPS) is 17.1. The summed E-state index contributed by atoms with van der Waals surface area (Å²) in [6.07, 6.45) is 6.04. The molecule has 0 saturated heterocycles. The Bertz CT molecular complexity index is 718. The first-order chi connectivity index (χ1) is 11.0. The maximum absolute atomic E-state index is 12.8. The van der Waals surface area contributed by atoms with E-state index in [0.717, 1.165) is 42.1 Å². The van der Waals surface area contributed by atoms with E-state index >= 15 is 0 Å². The molecule has 124 valence electrons. The van der Waals surface area contributed by atoms with Gasteiger partial charge in [0.2, 0.25) is 0 Å². The summed E-state index contributed by atoms with van der Waals surface area (Å²) in [4.78, 5) is 20.8. The molecular weight excluding hydrogens is 308 g/mol. The van der Waals surface area contributed by atoms with E-state index in [4.69, 9.17) is 4.98 Å². The molecule has 1 unspecified atom stereocenters. The van der Waals surface area contributed by atoms with E-state index in [1.807, 2.05) is 43.5 Å². The highest BCUT2D eigenvalue weighted by atomic mass is 32.1. The molecule has 23 heavy (non-hydrogen) atoms. The minimum absolute atomic E-state index is 0.0639. The van der Waals surface area contributed by atoms with Crippen molar-refractivity contribution in [2.45, 2.75) is 45.4 Å². The molecule has 6 heteroatoms. The van der Waals surface area contributed by atoms with Crippen LogP contribution in [0.3, 0.4) is 0 Å². The van der Waals surface area contributed by atoms with Gasteiger partial charge in [-0.05, 0) is 32.6 Å². The molecule has 0 fully saturated rings. The van der Waals surface area contributed by atoms with Crippen molar-refractivity contribution >= 4 is 17.2 Å². The van der Waals surface area contributed by atoms with Gasteiger partial charge in [-0.15, -0.1) is 11.3 Å². The first-order valence-electron chi connectivity index (χ1n) is 8.23. The summed E-state index contributed by atoms with van der Waals surface area (Å²) >= 11 is 1.81. The molecule has 0 radical (unpaired) electrons. The Labute approximate surface area is 141 Å². The number of fused-ring (bicyclic) bond motifs is 1. The monoisotopic (exact) mass is 332 g/mol. The summed E-state index contributed by atoms with van der Waals surface area (Å²) in [6, 6.07) is 0. The molecule has 0 aromatic carbocycles. The fourth-order valence-corrected chi connectivity index (χ4v) is 4.46.